The molecule has 0 aromatic rings. The molecule has 1 aliphatic heterocycles. The van der Waals surface area contributed by atoms with E-state index in [4.69, 9.17) is 0 Å². The first-order valence-electron chi connectivity index (χ1n) is 8.21. The minimum Gasteiger partial charge on any atom is -0.316 e. The van der Waals surface area contributed by atoms with Crippen LogP contribution < -0.4 is 5.32 Å². The third kappa shape index (κ3) is 4.55. The highest BCUT2D eigenvalue weighted by Gasteiger charge is 2.23. The van der Waals surface area contributed by atoms with Crippen LogP contribution in [0.2, 0.25) is 0 Å². The molecule has 106 valence electrons. The van der Waals surface area contributed by atoms with Crippen molar-refractivity contribution in [3.05, 3.63) is 0 Å². The summed E-state index contributed by atoms with van der Waals surface area (Å²) < 4.78 is 0. The van der Waals surface area contributed by atoms with Gasteiger partial charge in [0.15, 0.2) is 0 Å². The summed E-state index contributed by atoms with van der Waals surface area (Å²) >= 11 is 0. The van der Waals surface area contributed by atoms with E-state index in [0.717, 1.165) is 17.8 Å². The average Bonchev–Trinajstić information content (AvgIpc) is 2.36. The lowest BCUT2D eigenvalue weighted by Crippen LogP contribution is -2.41. The molecule has 1 N–H and O–H groups in total. The molecule has 0 bridgehead atoms. The van der Waals surface area contributed by atoms with E-state index >= 15 is 0 Å². The standard InChI is InChI=1S/C16H32N2/c1-3-15-5-7-16(8-6-15)13-18-10-4-9-17-11-14(2)12-18/h14-17H,3-13H2,1-2H3. The quantitative estimate of drug-likeness (QED) is 0.830. The van der Waals surface area contributed by atoms with Gasteiger partial charge in [-0.2, -0.15) is 0 Å². The Morgan fingerprint density at radius 3 is 2.56 bits per heavy atom. The molecule has 1 saturated heterocycles. The van der Waals surface area contributed by atoms with Gasteiger partial charge in [-0.15, -0.1) is 0 Å². The Kier molecular flexibility index (Phi) is 5.97. The molecule has 2 rings (SSSR count). The Bertz CT molecular complexity index is 221. The minimum absolute atomic E-state index is 0.817. The molecule has 2 nitrogen and oxygen atoms in total. The van der Waals surface area contributed by atoms with Crippen molar-refractivity contribution in [3.63, 3.8) is 0 Å². The maximum atomic E-state index is 3.55. The van der Waals surface area contributed by atoms with Crippen molar-refractivity contribution in [3.8, 4) is 0 Å². The van der Waals surface area contributed by atoms with Gasteiger partial charge in [0.05, 0.1) is 0 Å². The topological polar surface area (TPSA) is 15.3 Å². The van der Waals surface area contributed by atoms with Crippen LogP contribution in [0.25, 0.3) is 0 Å². The van der Waals surface area contributed by atoms with Gasteiger partial charge in [0.1, 0.15) is 0 Å². The molecule has 2 heteroatoms. The van der Waals surface area contributed by atoms with E-state index in [1.54, 1.807) is 0 Å². The first kappa shape index (κ1) is 14.3. The van der Waals surface area contributed by atoms with E-state index in [-0.39, 0.29) is 0 Å². The Morgan fingerprint density at radius 2 is 1.83 bits per heavy atom. The highest BCUT2D eigenvalue weighted by atomic mass is 15.1. The Labute approximate surface area is 114 Å². The van der Waals surface area contributed by atoms with Crippen LogP contribution >= 0.6 is 0 Å². The molecular formula is C16H32N2. The highest BCUT2D eigenvalue weighted by Crippen LogP contribution is 2.31. The fraction of sp³-hybridized carbons (Fsp3) is 1.00. The predicted molar refractivity (Wildman–Crippen MR) is 78.8 cm³/mol. The molecular weight excluding hydrogens is 220 g/mol. The number of nitrogens with zero attached hydrogens (tertiary/aromatic N) is 1. The minimum atomic E-state index is 0.817. The van der Waals surface area contributed by atoms with Crippen molar-refractivity contribution < 1.29 is 0 Å². The normalized spacial score (nSPS) is 36.0. The zero-order valence-electron chi connectivity index (χ0n) is 12.5. The summed E-state index contributed by atoms with van der Waals surface area (Å²) in [6.45, 7) is 11.2. The van der Waals surface area contributed by atoms with Gasteiger partial charge in [-0.05, 0) is 56.7 Å². The zero-order valence-corrected chi connectivity index (χ0v) is 12.5. The molecule has 1 heterocycles. The molecule has 0 spiro atoms. The van der Waals surface area contributed by atoms with E-state index in [9.17, 15) is 0 Å². The number of hydrogen-bond donors (Lipinski definition) is 1. The van der Waals surface area contributed by atoms with Crippen molar-refractivity contribution in [1.29, 1.82) is 0 Å². The first-order valence-corrected chi connectivity index (χ1v) is 8.21. The average molecular weight is 252 g/mol. The predicted octanol–water partition coefficient (Wildman–Crippen LogP) is 3.13. The van der Waals surface area contributed by atoms with E-state index in [0.29, 0.717) is 0 Å². The molecule has 0 amide bonds. The van der Waals surface area contributed by atoms with Crippen molar-refractivity contribution in [1.82, 2.24) is 10.2 Å². The van der Waals surface area contributed by atoms with Gasteiger partial charge in [0.25, 0.3) is 0 Å². The SMILES string of the molecule is CCC1CCC(CN2CCCNCC(C)C2)CC1. The van der Waals surface area contributed by atoms with E-state index < -0.39 is 0 Å². The molecule has 1 atom stereocenters. The van der Waals surface area contributed by atoms with Gasteiger partial charge >= 0.3 is 0 Å². The summed E-state index contributed by atoms with van der Waals surface area (Å²) in [6, 6.07) is 0. The zero-order chi connectivity index (χ0) is 12.8. The number of hydrogen-bond acceptors (Lipinski definition) is 2. The van der Waals surface area contributed by atoms with Gasteiger partial charge in [0.2, 0.25) is 0 Å². The van der Waals surface area contributed by atoms with E-state index in [1.807, 2.05) is 0 Å². The summed E-state index contributed by atoms with van der Waals surface area (Å²) in [5, 5.41) is 3.55. The monoisotopic (exact) mass is 252 g/mol. The largest absolute Gasteiger partial charge is 0.316 e. The summed E-state index contributed by atoms with van der Waals surface area (Å²) in [4.78, 5) is 2.75. The molecule has 1 saturated carbocycles. The number of nitrogens with one attached hydrogen (secondary N) is 1. The molecule has 2 aliphatic rings. The van der Waals surface area contributed by atoms with Crippen LogP contribution in [0.4, 0.5) is 0 Å². The molecule has 0 radical (unpaired) electrons. The smallest absolute Gasteiger partial charge is 0.00193 e. The second-order valence-electron chi connectivity index (χ2n) is 6.72. The molecule has 18 heavy (non-hydrogen) atoms. The third-order valence-corrected chi connectivity index (χ3v) is 4.95. The molecule has 1 aliphatic carbocycles. The number of rotatable bonds is 3. The van der Waals surface area contributed by atoms with Crippen LogP contribution in [0.5, 0.6) is 0 Å². The molecule has 1 unspecified atom stereocenters. The van der Waals surface area contributed by atoms with Crippen LogP contribution in [0.15, 0.2) is 0 Å². The van der Waals surface area contributed by atoms with Crippen molar-refractivity contribution in [2.45, 2.75) is 52.4 Å². The second kappa shape index (κ2) is 7.49. The lowest BCUT2D eigenvalue weighted by molar-refractivity contribution is 0.154. The van der Waals surface area contributed by atoms with Crippen molar-refractivity contribution in [2.24, 2.45) is 17.8 Å². The summed E-state index contributed by atoms with van der Waals surface area (Å²) in [5.74, 6) is 2.85. The van der Waals surface area contributed by atoms with Gasteiger partial charge < -0.3 is 10.2 Å². The molecule has 2 fully saturated rings. The van der Waals surface area contributed by atoms with Gasteiger partial charge in [0, 0.05) is 13.1 Å². The lowest BCUT2D eigenvalue weighted by atomic mass is 9.80. The second-order valence-corrected chi connectivity index (χ2v) is 6.72. The van der Waals surface area contributed by atoms with Crippen LogP contribution in [-0.2, 0) is 0 Å². The highest BCUT2D eigenvalue weighted by molar-refractivity contribution is 4.77. The van der Waals surface area contributed by atoms with Crippen LogP contribution in [0, 0.1) is 17.8 Å². The first-order chi connectivity index (χ1) is 8.78. The Hall–Kier alpha value is -0.0800. The maximum absolute atomic E-state index is 3.55. The lowest BCUT2D eigenvalue weighted by Gasteiger charge is -2.34. The van der Waals surface area contributed by atoms with Crippen LogP contribution in [-0.4, -0.2) is 37.6 Å². The van der Waals surface area contributed by atoms with Crippen LogP contribution in [0.3, 0.4) is 0 Å². The summed E-state index contributed by atoms with van der Waals surface area (Å²) in [6.07, 6.45) is 8.69. The van der Waals surface area contributed by atoms with Crippen molar-refractivity contribution in [2.75, 3.05) is 32.7 Å². The third-order valence-electron chi connectivity index (χ3n) is 4.95. The van der Waals surface area contributed by atoms with Crippen LogP contribution in [0.1, 0.15) is 52.4 Å². The molecule has 0 aromatic heterocycles. The van der Waals surface area contributed by atoms with E-state index in [2.05, 4.69) is 24.1 Å². The Morgan fingerprint density at radius 1 is 1.11 bits per heavy atom. The maximum Gasteiger partial charge on any atom is 0.00193 e. The van der Waals surface area contributed by atoms with Crippen molar-refractivity contribution >= 4 is 0 Å². The van der Waals surface area contributed by atoms with Gasteiger partial charge in [-0.1, -0.05) is 33.1 Å². The van der Waals surface area contributed by atoms with Gasteiger partial charge in [-0.3, -0.25) is 0 Å². The summed E-state index contributed by atoms with van der Waals surface area (Å²) in [7, 11) is 0. The molecule has 0 aromatic carbocycles. The fourth-order valence-electron chi connectivity index (χ4n) is 3.73. The van der Waals surface area contributed by atoms with E-state index in [1.165, 1.54) is 71.2 Å². The fourth-order valence-corrected chi connectivity index (χ4v) is 3.73. The summed E-state index contributed by atoms with van der Waals surface area (Å²) in [5.41, 5.74) is 0. The Balaban J connectivity index is 1.73. The van der Waals surface area contributed by atoms with Gasteiger partial charge in [-0.25, -0.2) is 0 Å².